The molecule has 0 bridgehead atoms. The maximum absolute atomic E-state index is 5.48. The Morgan fingerprint density at radius 3 is 2.86 bits per heavy atom. The van der Waals surface area contributed by atoms with Crippen molar-refractivity contribution in [2.24, 2.45) is 13.0 Å². The normalized spacial score (nSPS) is 21.2. The van der Waals surface area contributed by atoms with Gasteiger partial charge in [0.05, 0.1) is 5.69 Å². The van der Waals surface area contributed by atoms with E-state index in [1.807, 2.05) is 29.9 Å². The van der Waals surface area contributed by atoms with Crippen LogP contribution >= 0.6 is 35.5 Å². The molecule has 0 N–H and O–H groups in total. The standard InChI is InChI=1S/C26H29N5OS2.ClH/c1-17-8-9-22(34-17)19-6-4-7-20(12-19)26-13-21(26)14-31(15-26)10-5-11-33-25-29-28-24(30(25)3)23-18(2)27-16-32-23;/h4,6-9,12,16,21H,5,10-11,13-15H2,1-3H3;1H/t21-,26+;/m1./s1. The van der Waals surface area contributed by atoms with Crippen molar-refractivity contribution in [1.29, 1.82) is 0 Å². The average Bonchev–Trinajstić information content (AvgIpc) is 3.31. The number of aryl methyl sites for hydroxylation is 2. The van der Waals surface area contributed by atoms with Crippen molar-refractivity contribution in [3.05, 3.63) is 58.9 Å². The van der Waals surface area contributed by atoms with E-state index in [1.54, 1.807) is 11.8 Å². The third kappa shape index (κ3) is 4.57. The zero-order chi connectivity index (χ0) is 23.3. The summed E-state index contributed by atoms with van der Waals surface area (Å²) in [6, 6.07) is 13.8. The number of nitrogens with zero attached hydrogens (tertiary/aromatic N) is 5. The predicted molar refractivity (Wildman–Crippen MR) is 145 cm³/mol. The van der Waals surface area contributed by atoms with Gasteiger partial charge in [-0.25, -0.2) is 4.98 Å². The Bertz CT molecular complexity index is 1330. The molecule has 35 heavy (non-hydrogen) atoms. The maximum atomic E-state index is 5.48. The summed E-state index contributed by atoms with van der Waals surface area (Å²) in [5.74, 6) is 3.27. The number of thioether (sulfide) groups is 1. The Morgan fingerprint density at radius 2 is 2.09 bits per heavy atom. The fourth-order valence-electron chi connectivity index (χ4n) is 5.38. The molecular weight excluding hydrogens is 498 g/mol. The minimum absolute atomic E-state index is 0. The Hall–Kier alpha value is -2.13. The summed E-state index contributed by atoms with van der Waals surface area (Å²) < 4.78 is 7.48. The average molecular weight is 528 g/mol. The number of hydrogen-bond acceptors (Lipinski definition) is 7. The number of oxazole rings is 1. The van der Waals surface area contributed by atoms with Crippen LogP contribution < -0.4 is 0 Å². The molecule has 9 heteroatoms. The number of rotatable bonds is 8. The third-order valence-electron chi connectivity index (χ3n) is 7.31. The second-order valence-electron chi connectivity index (χ2n) is 9.62. The number of hydrogen-bond donors (Lipinski definition) is 0. The molecule has 6 rings (SSSR count). The number of thiophene rings is 1. The maximum Gasteiger partial charge on any atom is 0.202 e. The summed E-state index contributed by atoms with van der Waals surface area (Å²) in [7, 11) is 1.99. The SMILES string of the molecule is Cc1ccc(-c2cccc([C@@]34C[C@@H]3CN(CCCSc3nnc(-c5ocnc5C)n3C)C4)c2)s1.Cl. The number of benzene rings is 1. The molecule has 4 heterocycles. The molecule has 1 aliphatic carbocycles. The van der Waals surface area contributed by atoms with E-state index in [1.165, 1.54) is 46.8 Å². The first-order chi connectivity index (χ1) is 16.5. The van der Waals surface area contributed by atoms with Crippen LogP contribution in [0.4, 0.5) is 0 Å². The molecule has 0 unspecified atom stereocenters. The highest BCUT2D eigenvalue weighted by Crippen LogP contribution is 2.59. The summed E-state index contributed by atoms with van der Waals surface area (Å²) in [6.07, 6.45) is 3.94. The molecule has 3 aromatic heterocycles. The Balaban J connectivity index is 0.00000253. The molecule has 1 aromatic carbocycles. The minimum Gasteiger partial charge on any atom is -0.440 e. The van der Waals surface area contributed by atoms with Crippen molar-refractivity contribution in [2.75, 3.05) is 25.4 Å². The van der Waals surface area contributed by atoms with Gasteiger partial charge < -0.3 is 13.9 Å². The van der Waals surface area contributed by atoms with E-state index in [0.717, 1.165) is 41.3 Å². The van der Waals surface area contributed by atoms with Crippen molar-refractivity contribution >= 4 is 35.5 Å². The van der Waals surface area contributed by atoms with E-state index in [4.69, 9.17) is 4.42 Å². The number of halogens is 1. The molecule has 2 aliphatic rings. The third-order valence-corrected chi connectivity index (χ3v) is 9.47. The molecule has 1 aliphatic heterocycles. The summed E-state index contributed by atoms with van der Waals surface area (Å²) in [6.45, 7) is 7.66. The van der Waals surface area contributed by atoms with Gasteiger partial charge in [0.1, 0.15) is 0 Å². The van der Waals surface area contributed by atoms with Crippen LogP contribution in [0.3, 0.4) is 0 Å². The zero-order valence-electron chi connectivity index (χ0n) is 20.2. The highest BCUT2D eigenvalue weighted by atomic mass is 35.5. The lowest BCUT2D eigenvalue weighted by molar-refractivity contribution is 0.299. The molecule has 4 aromatic rings. The van der Waals surface area contributed by atoms with Crippen molar-refractivity contribution in [2.45, 2.75) is 37.3 Å². The molecule has 0 radical (unpaired) electrons. The summed E-state index contributed by atoms with van der Waals surface area (Å²) in [4.78, 5) is 9.58. The first-order valence-electron chi connectivity index (χ1n) is 11.9. The van der Waals surface area contributed by atoms with E-state index in [-0.39, 0.29) is 12.4 Å². The molecule has 0 spiro atoms. The van der Waals surface area contributed by atoms with Crippen molar-refractivity contribution < 1.29 is 4.42 Å². The summed E-state index contributed by atoms with van der Waals surface area (Å²) >= 11 is 3.65. The molecule has 2 atom stereocenters. The Kier molecular flexibility index (Phi) is 6.83. The van der Waals surface area contributed by atoms with Gasteiger partial charge in [0, 0.05) is 41.1 Å². The topological polar surface area (TPSA) is 60.0 Å². The highest BCUT2D eigenvalue weighted by Gasteiger charge is 2.60. The second-order valence-corrected chi connectivity index (χ2v) is 12.0. The monoisotopic (exact) mass is 527 g/mol. The number of likely N-dealkylation sites (tertiary alicyclic amines) is 1. The van der Waals surface area contributed by atoms with Gasteiger partial charge in [-0.2, -0.15) is 0 Å². The fourth-order valence-corrected chi connectivity index (χ4v) is 7.08. The molecule has 1 saturated heterocycles. The van der Waals surface area contributed by atoms with Crippen LogP contribution in [0.5, 0.6) is 0 Å². The smallest absolute Gasteiger partial charge is 0.202 e. The second kappa shape index (κ2) is 9.73. The van der Waals surface area contributed by atoms with E-state index in [0.29, 0.717) is 11.2 Å². The Morgan fingerprint density at radius 1 is 1.20 bits per heavy atom. The molecule has 6 nitrogen and oxygen atoms in total. The predicted octanol–water partition coefficient (Wildman–Crippen LogP) is 5.99. The van der Waals surface area contributed by atoms with Crippen LogP contribution in [0, 0.1) is 19.8 Å². The van der Waals surface area contributed by atoms with Gasteiger partial charge >= 0.3 is 0 Å². The highest BCUT2D eigenvalue weighted by molar-refractivity contribution is 7.99. The van der Waals surface area contributed by atoms with E-state index >= 15 is 0 Å². The van der Waals surface area contributed by atoms with Crippen LogP contribution in [0.15, 0.2) is 52.4 Å². The number of fused-ring (bicyclic) bond motifs is 1. The molecule has 184 valence electrons. The largest absolute Gasteiger partial charge is 0.440 e. The van der Waals surface area contributed by atoms with Gasteiger partial charge in [-0.15, -0.1) is 33.9 Å². The van der Waals surface area contributed by atoms with Crippen LogP contribution in [0.25, 0.3) is 22.0 Å². The lowest BCUT2D eigenvalue weighted by Crippen LogP contribution is -2.27. The van der Waals surface area contributed by atoms with Crippen LogP contribution in [-0.4, -0.2) is 50.0 Å². The first kappa shape index (κ1) is 24.6. The first-order valence-corrected chi connectivity index (χ1v) is 13.7. The molecule has 2 fully saturated rings. The van der Waals surface area contributed by atoms with E-state index < -0.39 is 0 Å². The zero-order valence-corrected chi connectivity index (χ0v) is 22.7. The molecular formula is C26H30ClN5OS2. The fraction of sp³-hybridized carbons (Fsp3) is 0.423. The number of piperidine rings is 1. The lowest BCUT2D eigenvalue weighted by Gasteiger charge is -2.21. The van der Waals surface area contributed by atoms with Gasteiger partial charge in [-0.3, -0.25) is 0 Å². The van der Waals surface area contributed by atoms with Gasteiger partial charge in [-0.1, -0.05) is 30.0 Å². The van der Waals surface area contributed by atoms with Crippen molar-refractivity contribution in [3.8, 4) is 22.0 Å². The van der Waals surface area contributed by atoms with Crippen molar-refractivity contribution in [3.63, 3.8) is 0 Å². The van der Waals surface area contributed by atoms with Gasteiger partial charge in [0.2, 0.25) is 5.82 Å². The molecule has 0 amide bonds. The quantitative estimate of drug-likeness (QED) is 0.207. The van der Waals surface area contributed by atoms with E-state index in [9.17, 15) is 0 Å². The number of aromatic nitrogens is 4. The van der Waals surface area contributed by atoms with Crippen LogP contribution in [0.1, 0.15) is 29.0 Å². The van der Waals surface area contributed by atoms with Crippen LogP contribution in [-0.2, 0) is 12.5 Å². The molecule has 1 saturated carbocycles. The Labute approximate surface area is 220 Å². The minimum atomic E-state index is 0. The van der Waals surface area contributed by atoms with E-state index in [2.05, 4.69) is 63.4 Å². The van der Waals surface area contributed by atoms with Crippen LogP contribution in [0.2, 0.25) is 0 Å². The van der Waals surface area contributed by atoms with Crippen molar-refractivity contribution in [1.82, 2.24) is 24.6 Å². The van der Waals surface area contributed by atoms with Gasteiger partial charge in [0.15, 0.2) is 17.3 Å². The summed E-state index contributed by atoms with van der Waals surface area (Å²) in [5, 5.41) is 9.60. The summed E-state index contributed by atoms with van der Waals surface area (Å²) in [5.41, 5.74) is 4.12. The van der Waals surface area contributed by atoms with Gasteiger partial charge in [-0.05, 0) is 68.5 Å². The van der Waals surface area contributed by atoms with Gasteiger partial charge in [0.25, 0.3) is 0 Å². The lowest BCUT2D eigenvalue weighted by atomic mass is 9.93.